The zero-order chi connectivity index (χ0) is 18.8. The van der Waals surface area contributed by atoms with Crippen LogP contribution >= 0.6 is 11.6 Å². The number of halogens is 1. The first-order valence-electron chi connectivity index (χ1n) is 7.93. The summed E-state index contributed by atoms with van der Waals surface area (Å²) in [5.74, 6) is 0.173. The van der Waals surface area contributed by atoms with Gasteiger partial charge in [-0.05, 0) is 48.4 Å². The number of sulfone groups is 1. The molecule has 0 amide bonds. The smallest absolute Gasteiger partial charge is 0.236 e. The Morgan fingerprint density at radius 1 is 1.08 bits per heavy atom. The highest BCUT2D eigenvalue weighted by Gasteiger charge is 2.37. The molecule has 3 rings (SSSR count). The first-order chi connectivity index (χ1) is 12.2. The van der Waals surface area contributed by atoms with E-state index in [9.17, 15) is 16.8 Å². The van der Waals surface area contributed by atoms with Gasteiger partial charge >= 0.3 is 0 Å². The molecule has 1 saturated heterocycles. The third-order valence-electron chi connectivity index (χ3n) is 4.06. The van der Waals surface area contributed by atoms with E-state index in [4.69, 9.17) is 16.3 Å². The number of sulfonamides is 1. The van der Waals surface area contributed by atoms with Crippen molar-refractivity contribution in [1.82, 2.24) is 0 Å². The zero-order valence-electron chi connectivity index (χ0n) is 13.8. The highest BCUT2D eigenvalue weighted by atomic mass is 35.5. The minimum absolute atomic E-state index is 0.0872. The van der Waals surface area contributed by atoms with Crippen molar-refractivity contribution in [2.45, 2.75) is 18.3 Å². The van der Waals surface area contributed by atoms with E-state index in [1.807, 2.05) is 12.1 Å². The van der Waals surface area contributed by atoms with Crippen LogP contribution < -0.4 is 9.46 Å². The molecule has 1 N–H and O–H groups in total. The molecule has 0 spiro atoms. The van der Waals surface area contributed by atoms with Crippen LogP contribution in [0.5, 0.6) is 5.75 Å². The topological polar surface area (TPSA) is 89.5 Å². The number of ether oxygens (including phenoxy) is 1. The van der Waals surface area contributed by atoms with Crippen LogP contribution in [0.4, 0.5) is 5.69 Å². The van der Waals surface area contributed by atoms with Gasteiger partial charge in [-0.1, -0.05) is 23.7 Å². The molecule has 1 heterocycles. The molecule has 0 bridgehead atoms. The summed E-state index contributed by atoms with van der Waals surface area (Å²) < 4.78 is 55.6. The Kier molecular flexibility index (Phi) is 5.45. The molecular weight excluding hydrogens is 398 g/mol. The lowest BCUT2D eigenvalue weighted by Crippen LogP contribution is -2.28. The van der Waals surface area contributed by atoms with Crippen LogP contribution in [-0.2, 0) is 26.5 Å². The van der Waals surface area contributed by atoms with Gasteiger partial charge in [-0.2, -0.15) is 0 Å². The molecule has 0 saturated carbocycles. The zero-order valence-corrected chi connectivity index (χ0v) is 16.1. The van der Waals surface area contributed by atoms with E-state index in [1.54, 1.807) is 36.4 Å². The Morgan fingerprint density at radius 3 is 2.31 bits per heavy atom. The Morgan fingerprint density at radius 2 is 1.73 bits per heavy atom. The Bertz CT molecular complexity index is 971. The summed E-state index contributed by atoms with van der Waals surface area (Å²) >= 11 is 5.83. The minimum atomic E-state index is -3.74. The SMILES string of the molecule is O=S1(=O)CC[C@H](S(=O)(=O)Nc2ccc(OCc3ccc(Cl)cc3)cc2)C1. The van der Waals surface area contributed by atoms with E-state index in [-0.39, 0.29) is 17.9 Å². The lowest BCUT2D eigenvalue weighted by molar-refractivity contribution is 0.306. The van der Waals surface area contributed by atoms with Crippen molar-refractivity contribution >= 4 is 37.1 Å². The molecule has 26 heavy (non-hydrogen) atoms. The predicted molar refractivity (Wildman–Crippen MR) is 102 cm³/mol. The largest absolute Gasteiger partial charge is 0.489 e. The molecule has 1 aliphatic rings. The summed E-state index contributed by atoms with van der Waals surface area (Å²) in [7, 11) is -7.00. The monoisotopic (exact) mass is 415 g/mol. The third kappa shape index (κ3) is 4.90. The van der Waals surface area contributed by atoms with E-state index in [2.05, 4.69) is 4.72 Å². The van der Waals surface area contributed by atoms with Gasteiger partial charge < -0.3 is 4.74 Å². The molecular formula is C17H18ClNO5S2. The second-order valence-electron chi connectivity index (χ2n) is 6.11. The number of rotatable bonds is 6. The number of anilines is 1. The Balaban J connectivity index is 1.59. The van der Waals surface area contributed by atoms with Crippen molar-refractivity contribution in [1.29, 1.82) is 0 Å². The summed E-state index contributed by atoms with van der Waals surface area (Å²) in [6.07, 6.45) is 0.125. The molecule has 1 atom stereocenters. The van der Waals surface area contributed by atoms with E-state index in [1.165, 1.54) is 0 Å². The van der Waals surface area contributed by atoms with Crippen LogP contribution in [-0.4, -0.2) is 33.6 Å². The van der Waals surface area contributed by atoms with Gasteiger partial charge in [-0.25, -0.2) is 16.8 Å². The highest BCUT2D eigenvalue weighted by molar-refractivity contribution is 7.97. The van der Waals surface area contributed by atoms with Gasteiger partial charge in [0, 0.05) is 10.7 Å². The molecule has 1 fully saturated rings. The maximum atomic E-state index is 12.3. The van der Waals surface area contributed by atoms with Gasteiger partial charge in [0.05, 0.1) is 16.8 Å². The molecule has 2 aromatic rings. The maximum absolute atomic E-state index is 12.3. The summed E-state index contributed by atoms with van der Waals surface area (Å²) in [6, 6.07) is 13.7. The van der Waals surface area contributed by atoms with Crippen molar-refractivity contribution < 1.29 is 21.6 Å². The van der Waals surface area contributed by atoms with Gasteiger partial charge in [0.2, 0.25) is 10.0 Å². The van der Waals surface area contributed by atoms with Crippen LogP contribution in [0.25, 0.3) is 0 Å². The second kappa shape index (κ2) is 7.46. The quantitative estimate of drug-likeness (QED) is 0.783. The van der Waals surface area contributed by atoms with Crippen molar-refractivity contribution in [3.63, 3.8) is 0 Å². The molecule has 0 unspecified atom stereocenters. The van der Waals surface area contributed by atoms with Gasteiger partial charge in [0.15, 0.2) is 9.84 Å². The van der Waals surface area contributed by atoms with Crippen molar-refractivity contribution in [2.24, 2.45) is 0 Å². The first kappa shape index (κ1) is 19.0. The molecule has 1 aliphatic heterocycles. The molecule has 2 aromatic carbocycles. The third-order valence-corrected chi connectivity index (χ3v) is 8.09. The van der Waals surface area contributed by atoms with E-state index in [0.717, 1.165) is 5.56 Å². The summed E-state index contributed by atoms with van der Waals surface area (Å²) in [4.78, 5) is 0. The fraction of sp³-hybridized carbons (Fsp3) is 0.294. The Hall–Kier alpha value is -1.77. The van der Waals surface area contributed by atoms with Crippen molar-refractivity contribution in [3.8, 4) is 5.75 Å². The lowest BCUT2D eigenvalue weighted by atomic mass is 10.2. The molecule has 140 valence electrons. The van der Waals surface area contributed by atoms with Crippen LogP contribution in [0.15, 0.2) is 48.5 Å². The van der Waals surface area contributed by atoms with Crippen molar-refractivity contribution in [2.75, 3.05) is 16.2 Å². The fourth-order valence-corrected chi connectivity index (χ4v) is 6.84. The number of benzene rings is 2. The second-order valence-corrected chi connectivity index (χ2v) is 10.7. The number of hydrogen-bond acceptors (Lipinski definition) is 5. The lowest BCUT2D eigenvalue weighted by Gasteiger charge is -2.13. The minimum Gasteiger partial charge on any atom is -0.489 e. The Labute approximate surface area is 158 Å². The van der Waals surface area contributed by atoms with Gasteiger partial charge in [0.1, 0.15) is 12.4 Å². The van der Waals surface area contributed by atoms with Gasteiger partial charge in [-0.3, -0.25) is 4.72 Å². The molecule has 6 nitrogen and oxygen atoms in total. The van der Waals surface area contributed by atoms with E-state index < -0.39 is 25.1 Å². The van der Waals surface area contributed by atoms with Crippen molar-refractivity contribution in [3.05, 3.63) is 59.1 Å². The number of nitrogens with one attached hydrogen (secondary N) is 1. The highest BCUT2D eigenvalue weighted by Crippen LogP contribution is 2.23. The van der Waals surface area contributed by atoms with E-state index in [0.29, 0.717) is 23.1 Å². The fourth-order valence-electron chi connectivity index (χ4n) is 2.62. The van der Waals surface area contributed by atoms with Crippen LogP contribution in [0.1, 0.15) is 12.0 Å². The number of hydrogen-bond donors (Lipinski definition) is 1. The first-order valence-corrected chi connectivity index (χ1v) is 11.7. The van der Waals surface area contributed by atoms with E-state index >= 15 is 0 Å². The maximum Gasteiger partial charge on any atom is 0.236 e. The molecule has 0 radical (unpaired) electrons. The standard InChI is InChI=1S/C17H18ClNO5S2/c18-14-3-1-13(2-4-14)11-24-16-7-5-15(6-8-16)19-26(22,23)17-9-10-25(20,21)12-17/h1-8,17,19H,9-12H2/t17-/m0/s1. The average Bonchev–Trinajstić information content (AvgIpc) is 2.96. The van der Waals surface area contributed by atoms with Gasteiger partial charge in [0.25, 0.3) is 0 Å². The molecule has 0 aromatic heterocycles. The summed E-state index contributed by atoms with van der Waals surface area (Å²) in [5, 5.41) is -0.256. The summed E-state index contributed by atoms with van der Waals surface area (Å²) in [5.41, 5.74) is 1.33. The summed E-state index contributed by atoms with van der Waals surface area (Å²) in [6.45, 7) is 0.363. The normalized spacial score (nSPS) is 19.2. The van der Waals surface area contributed by atoms with Crippen LogP contribution in [0.2, 0.25) is 5.02 Å². The molecule has 9 heteroatoms. The predicted octanol–water partition coefficient (Wildman–Crippen LogP) is 2.85. The average molecular weight is 416 g/mol. The van der Waals surface area contributed by atoms with Crippen LogP contribution in [0, 0.1) is 0 Å². The van der Waals surface area contributed by atoms with Crippen LogP contribution in [0.3, 0.4) is 0 Å². The van der Waals surface area contributed by atoms with Gasteiger partial charge in [-0.15, -0.1) is 0 Å². The molecule has 0 aliphatic carbocycles.